The monoisotopic (exact) mass is 748 g/mol. The summed E-state index contributed by atoms with van der Waals surface area (Å²) in [5.74, 6) is -65.1. The number of esters is 2. The Hall–Kier alpha value is -1.55. The molecule has 45 heavy (non-hydrogen) atoms. The number of carbonyl (C=O) groups is 2. The summed E-state index contributed by atoms with van der Waals surface area (Å²) in [6.07, 6.45) is -14.1. The Morgan fingerprint density at radius 2 is 0.911 bits per heavy atom. The van der Waals surface area contributed by atoms with E-state index in [4.69, 9.17) is 0 Å². The van der Waals surface area contributed by atoms with Gasteiger partial charge in [0.1, 0.15) is 10.1 Å². The molecule has 0 rings (SSSR count). The molecule has 0 aliphatic carbocycles. The third kappa shape index (κ3) is 8.49. The number of ether oxygens (including phenoxy) is 2. The van der Waals surface area contributed by atoms with E-state index in [0.29, 0.717) is 0 Å². The van der Waals surface area contributed by atoms with Crippen LogP contribution in [0.4, 0.5) is 87.8 Å². The van der Waals surface area contributed by atoms with Crippen LogP contribution in [-0.4, -0.2) is 104 Å². The molecule has 0 aliphatic heterocycles. The second kappa shape index (κ2) is 13.9. The molecular formula is C16H9F20NaO7S. The van der Waals surface area contributed by atoms with Gasteiger partial charge in [-0.05, 0) is 0 Å². The van der Waals surface area contributed by atoms with Gasteiger partial charge in [-0.3, -0.25) is 9.59 Å². The van der Waals surface area contributed by atoms with Crippen molar-refractivity contribution in [2.45, 2.75) is 71.9 Å². The second-order valence-corrected chi connectivity index (χ2v) is 9.56. The molecule has 262 valence electrons. The maximum atomic E-state index is 13.7. The molecule has 0 aliphatic rings. The van der Waals surface area contributed by atoms with Gasteiger partial charge >= 0.3 is 102 Å². The van der Waals surface area contributed by atoms with Gasteiger partial charge in [-0.1, -0.05) is 0 Å². The average Bonchev–Trinajstić information content (AvgIpc) is 2.82. The first-order valence-corrected chi connectivity index (χ1v) is 11.3. The van der Waals surface area contributed by atoms with Crippen molar-refractivity contribution in [3.8, 4) is 0 Å². The number of rotatable bonds is 16. The van der Waals surface area contributed by atoms with Crippen LogP contribution in [0.15, 0.2) is 0 Å². The number of carbonyl (C=O) groups excluding carboxylic acids is 2. The molecule has 0 fully saturated rings. The van der Waals surface area contributed by atoms with E-state index in [2.05, 4.69) is 9.47 Å². The van der Waals surface area contributed by atoms with Gasteiger partial charge in [-0.25, -0.2) is 26.0 Å². The smallest absolute Gasteiger partial charge is 0.747 e. The molecule has 7 nitrogen and oxygen atoms in total. The van der Waals surface area contributed by atoms with Crippen LogP contribution in [-0.2, 0) is 29.2 Å². The topological polar surface area (TPSA) is 110 Å². The zero-order valence-corrected chi connectivity index (χ0v) is 23.5. The van der Waals surface area contributed by atoms with E-state index in [1.54, 1.807) is 0 Å². The van der Waals surface area contributed by atoms with Gasteiger partial charge in [0.25, 0.3) is 0 Å². The van der Waals surface area contributed by atoms with E-state index in [9.17, 15) is 110 Å². The first-order chi connectivity index (χ1) is 19.0. The fraction of sp³-hybridized carbons (Fsp3) is 0.875. The van der Waals surface area contributed by atoms with Crippen molar-refractivity contribution in [2.24, 2.45) is 0 Å². The minimum Gasteiger partial charge on any atom is -0.747 e. The van der Waals surface area contributed by atoms with Crippen molar-refractivity contribution in [3.05, 3.63) is 0 Å². The molecule has 0 N–H and O–H groups in total. The van der Waals surface area contributed by atoms with E-state index in [-0.39, 0.29) is 29.6 Å². The van der Waals surface area contributed by atoms with E-state index in [1.807, 2.05) is 0 Å². The quantitative estimate of drug-likeness (QED) is 0.103. The average molecular weight is 748 g/mol. The van der Waals surface area contributed by atoms with Crippen molar-refractivity contribution in [3.63, 3.8) is 0 Å². The van der Waals surface area contributed by atoms with Gasteiger partial charge in [-0.2, -0.15) is 70.2 Å². The normalized spacial score (nSPS) is 15.5. The third-order valence-electron chi connectivity index (χ3n) is 4.87. The van der Waals surface area contributed by atoms with Crippen molar-refractivity contribution in [1.29, 1.82) is 0 Å². The largest absolute Gasteiger partial charge is 1.00 e. The van der Waals surface area contributed by atoms with E-state index >= 15 is 0 Å². The summed E-state index contributed by atoms with van der Waals surface area (Å²) in [5.41, 5.74) is 0. The molecular weight excluding hydrogens is 739 g/mol. The molecule has 1 atom stereocenters. The molecule has 0 aromatic carbocycles. The summed E-state index contributed by atoms with van der Waals surface area (Å²) in [4.78, 5) is 23.0. The summed E-state index contributed by atoms with van der Waals surface area (Å²) in [5, 5.41) is -4.01. The van der Waals surface area contributed by atoms with Crippen LogP contribution in [0.25, 0.3) is 0 Å². The Morgan fingerprint density at radius 1 is 0.578 bits per heavy atom. The molecule has 0 heterocycles. The Balaban J connectivity index is 0. The van der Waals surface area contributed by atoms with Gasteiger partial charge in [0.05, 0.1) is 6.42 Å². The summed E-state index contributed by atoms with van der Waals surface area (Å²) >= 11 is 0. The first kappa shape index (κ1) is 45.6. The van der Waals surface area contributed by atoms with Crippen molar-refractivity contribution < 1.29 is 149 Å². The van der Waals surface area contributed by atoms with Gasteiger partial charge in [0.2, 0.25) is 0 Å². The predicted molar refractivity (Wildman–Crippen MR) is 91.6 cm³/mol. The standard InChI is InChI=1S/C16H10F20O7S.Na/c17-7(18)11(25,26)13(29,30)9(21,22)2-42-5(37)1-4(44(39,40)41)6(38)43-3-10(23,24)14(31,32)16(35,36)15(33,34)12(27,28)8(19)20;/h4,7-8H,1-3H2,(H,39,40,41);/q;+1/p-1. The zero-order valence-electron chi connectivity index (χ0n) is 20.7. The van der Waals surface area contributed by atoms with Crippen LogP contribution in [0.5, 0.6) is 0 Å². The zero-order chi connectivity index (χ0) is 35.9. The van der Waals surface area contributed by atoms with Crippen LogP contribution < -0.4 is 29.6 Å². The number of alkyl halides is 20. The Morgan fingerprint density at radius 3 is 1.27 bits per heavy atom. The van der Waals surface area contributed by atoms with Gasteiger partial charge in [0.15, 0.2) is 18.5 Å². The van der Waals surface area contributed by atoms with Crippen molar-refractivity contribution in [2.75, 3.05) is 13.2 Å². The molecule has 0 bridgehead atoms. The van der Waals surface area contributed by atoms with Crippen LogP contribution in [0, 0.1) is 0 Å². The molecule has 0 aromatic rings. The van der Waals surface area contributed by atoms with Crippen LogP contribution >= 0.6 is 0 Å². The SMILES string of the molecule is O=C(CC(C(=O)OCC(F)(F)C(F)(F)C(F)(F)C(F)(F)C(F)(F)C(F)F)S(=O)(=O)[O-])OCC(F)(F)C(F)(F)C(F)(F)C(F)F.[Na+]. The molecule has 0 radical (unpaired) electrons. The predicted octanol–water partition coefficient (Wildman–Crippen LogP) is 1.99. The molecule has 0 aromatic heterocycles. The van der Waals surface area contributed by atoms with Gasteiger partial charge in [-0.15, -0.1) is 0 Å². The van der Waals surface area contributed by atoms with E-state index in [0.717, 1.165) is 0 Å². The van der Waals surface area contributed by atoms with Crippen molar-refractivity contribution >= 4 is 22.1 Å². The minimum absolute atomic E-state index is 0. The molecule has 1 unspecified atom stereocenters. The maximum absolute atomic E-state index is 13.7. The van der Waals surface area contributed by atoms with Gasteiger partial charge in [0, 0.05) is 0 Å². The Labute approximate surface area is 256 Å². The Bertz CT molecular complexity index is 1160. The maximum Gasteiger partial charge on any atom is 1.00 e. The number of hydrogen-bond acceptors (Lipinski definition) is 7. The first-order valence-electron chi connectivity index (χ1n) is 9.86. The summed E-state index contributed by atoms with van der Waals surface area (Å²) in [7, 11) is -6.62. The number of halogens is 20. The van der Waals surface area contributed by atoms with Crippen LogP contribution in [0.1, 0.15) is 6.42 Å². The molecule has 0 saturated heterocycles. The van der Waals surface area contributed by atoms with E-state index < -0.39 is 107 Å². The summed E-state index contributed by atoms with van der Waals surface area (Å²) in [6, 6.07) is 0. The second-order valence-electron chi connectivity index (χ2n) is 8.01. The van der Waals surface area contributed by atoms with Crippen LogP contribution in [0.3, 0.4) is 0 Å². The van der Waals surface area contributed by atoms with Gasteiger partial charge < -0.3 is 14.0 Å². The van der Waals surface area contributed by atoms with E-state index in [1.165, 1.54) is 0 Å². The summed E-state index contributed by atoms with van der Waals surface area (Å²) in [6.45, 7) is -7.20. The third-order valence-corrected chi connectivity index (χ3v) is 5.92. The minimum atomic E-state index is -8.15. The molecule has 0 saturated carbocycles. The molecule has 0 amide bonds. The van der Waals surface area contributed by atoms with Crippen LogP contribution in [0.2, 0.25) is 0 Å². The van der Waals surface area contributed by atoms with Crippen molar-refractivity contribution in [1.82, 2.24) is 0 Å². The molecule has 29 heteroatoms. The number of hydrogen-bond donors (Lipinski definition) is 0. The summed E-state index contributed by atoms with van der Waals surface area (Å²) < 4.78 is 299. The fourth-order valence-corrected chi connectivity index (χ4v) is 2.92. The fourth-order valence-electron chi connectivity index (χ4n) is 2.27. The Kier molecular flexibility index (Phi) is 14.1. The molecule has 0 spiro atoms.